The molecule has 0 aromatic rings. The first-order valence-corrected chi connectivity index (χ1v) is 4.24. The second kappa shape index (κ2) is 7.62. The molecule has 0 N–H and O–H groups in total. The highest BCUT2D eigenvalue weighted by Crippen LogP contribution is 2.13. The predicted molar refractivity (Wildman–Crippen MR) is 55.5 cm³/mol. The van der Waals surface area contributed by atoms with Gasteiger partial charge in [0.2, 0.25) is 0 Å². The Bertz CT molecular complexity index is 212. The number of hydrogen-bond donors (Lipinski definition) is 0. The van der Waals surface area contributed by atoms with Crippen LogP contribution in [0.4, 0.5) is 0 Å². The average Bonchev–Trinajstić information content (AvgIpc) is 2.31. The summed E-state index contributed by atoms with van der Waals surface area (Å²) < 4.78 is 9.39. The SMILES string of the molecule is COC.COC1=CCC=CC=C1C. The van der Waals surface area contributed by atoms with E-state index >= 15 is 0 Å². The third kappa shape index (κ3) is 5.26. The molecule has 0 aromatic carbocycles. The highest BCUT2D eigenvalue weighted by atomic mass is 16.5. The fourth-order valence-electron chi connectivity index (χ4n) is 0.953. The lowest BCUT2D eigenvalue weighted by Crippen LogP contribution is -1.86. The molecule has 0 aromatic heterocycles. The first kappa shape index (κ1) is 12.0. The van der Waals surface area contributed by atoms with Crippen LogP contribution in [0.1, 0.15) is 13.3 Å². The van der Waals surface area contributed by atoms with Crippen LogP contribution >= 0.6 is 0 Å². The molecule has 0 heterocycles. The third-order valence-electron chi connectivity index (χ3n) is 1.53. The van der Waals surface area contributed by atoms with Gasteiger partial charge in [-0.2, -0.15) is 0 Å². The summed E-state index contributed by atoms with van der Waals surface area (Å²) in [5.74, 6) is 0.991. The molecule has 74 valence electrons. The second-order valence-electron chi connectivity index (χ2n) is 2.69. The van der Waals surface area contributed by atoms with Crippen LogP contribution in [0, 0.1) is 0 Å². The van der Waals surface area contributed by atoms with Crippen LogP contribution in [0.5, 0.6) is 0 Å². The Morgan fingerprint density at radius 1 is 1.23 bits per heavy atom. The number of rotatable bonds is 1. The van der Waals surface area contributed by atoms with Gasteiger partial charge in [-0.05, 0) is 25.0 Å². The second-order valence-corrected chi connectivity index (χ2v) is 2.69. The van der Waals surface area contributed by atoms with Gasteiger partial charge in [0.05, 0.1) is 7.11 Å². The van der Waals surface area contributed by atoms with Crippen molar-refractivity contribution in [1.29, 1.82) is 0 Å². The lowest BCUT2D eigenvalue weighted by molar-refractivity contribution is 0.277. The van der Waals surface area contributed by atoms with Crippen LogP contribution < -0.4 is 0 Å². The van der Waals surface area contributed by atoms with E-state index in [0.717, 1.165) is 12.2 Å². The van der Waals surface area contributed by atoms with Crippen LogP contribution in [-0.2, 0) is 9.47 Å². The first-order chi connectivity index (χ1) is 6.26. The van der Waals surface area contributed by atoms with Crippen LogP contribution in [0.25, 0.3) is 0 Å². The van der Waals surface area contributed by atoms with Gasteiger partial charge in [-0.15, -0.1) is 0 Å². The van der Waals surface area contributed by atoms with Gasteiger partial charge in [0, 0.05) is 14.2 Å². The van der Waals surface area contributed by atoms with E-state index in [0.29, 0.717) is 0 Å². The fourth-order valence-corrected chi connectivity index (χ4v) is 0.953. The quantitative estimate of drug-likeness (QED) is 0.620. The summed E-state index contributed by atoms with van der Waals surface area (Å²) in [6, 6.07) is 0. The number of allylic oxidation sites excluding steroid dienone is 5. The molecule has 1 aliphatic rings. The molecule has 1 rings (SSSR count). The summed E-state index contributed by atoms with van der Waals surface area (Å²) in [7, 11) is 4.95. The molecule has 13 heavy (non-hydrogen) atoms. The molecule has 0 bridgehead atoms. The van der Waals surface area contributed by atoms with Crippen molar-refractivity contribution in [2.45, 2.75) is 13.3 Å². The molecule has 1 aliphatic carbocycles. The largest absolute Gasteiger partial charge is 0.497 e. The van der Waals surface area contributed by atoms with Crippen LogP contribution in [0.3, 0.4) is 0 Å². The maximum atomic E-state index is 5.14. The lowest BCUT2D eigenvalue weighted by Gasteiger charge is -2.03. The van der Waals surface area contributed by atoms with Gasteiger partial charge in [-0.1, -0.05) is 18.2 Å². The highest BCUT2D eigenvalue weighted by Gasteiger charge is 1.98. The Labute approximate surface area is 80.5 Å². The van der Waals surface area contributed by atoms with Gasteiger partial charge in [-0.3, -0.25) is 0 Å². The molecule has 0 spiro atoms. The molecule has 0 atom stereocenters. The van der Waals surface area contributed by atoms with E-state index < -0.39 is 0 Å². The van der Waals surface area contributed by atoms with Crippen molar-refractivity contribution in [2.75, 3.05) is 21.3 Å². The molecule has 0 saturated heterocycles. The van der Waals surface area contributed by atoms with Gasteiger partial charge in [0.15, 0.2) is 0 Å². The van der Waals surface area contributed by atoms with Crippen molar-refractivity contribution >= 4 is 0 Å². The van der Waals surface area contributed by atoms with Crippen molar-refractivity contribution in [3.8, 4) is 0 Å². The van der Waals surface area contributed by atoms with Crippen molar-refractivity contribution < 1.29 is 9.47 Å². The Hall–Kier alpha value is -1.02. The van der Waals surface area contributed by atoms with Gasteiger partial charge in [0.1, 0.15) is 5.76 Å². The molecular formula is C11H18O2. The van der Waals surface area contributed by atoms with E-state index in [1.807, 2.05) is 6.92 Å². The zero-order chi connectivity index (χ0) is 10.1. The first-order valence-electron chi connectivity index (χ1n) is 4.24. The summed E-state index contributed by atoms with van der Waals surface area (Å²) in [4.78, 5) is 0. The van der Waals surface area contributed by atoms with Crippen molar-refractivity contribution in [3.63, 3.8) is 0 Å². The minimum atomic E-state index is 0.969. The van der Waals surface area contributed by atoms with Crippen molar-refractivity contribution in [1.82, 2.24) is 0 Å². The Morgan fingerprint density at radius 3 is 2.38 bits per heavy atom. The average molecular weight is 182 g/mol. The van der Waals surface area contributed by atoms with E-state index in [2.05, 4.69) is 29.0 Å². The Balaban J connectivity index is 0.000000424. The molecule has 0 unspecified atom stereocenters. The number of hydrogen-bond acceptors (Lipinski definition) is 2. The van der Waals surface area contributed by atoms with Crippen molar-refractivity contribution in [2.24, 2.45) is 0 Å². The molecule has 0 amide bonds. The summed E-state index contributed by atoms with van der Waals surface area (Å²) in [6.07, 6.45) is 9.27. The third-order valence-corrected chi connectivity index (χ3v) is 1.53. The van der Waals surface area contributed by atoms with Gasteiger partial charge >= 0.3 is 0 Å². The standard InChI is InChI=1S/C9H12O.C2H6O/c1-8-6-4-3-5-7-9(8)10-2;1-3-2/h3-4,6-7H,5H2,1-2H3;1-2H3. The summed E-state index contributed by atoms with van der Waals surface area (Å²) >= 11 is 0. The van der Waals surface area contributed by atoms with Gasteiger partial charge < -0.3 is 9.47 Å². The highest BCUT2D eigenvalue weighted by molar-refractivity contribution is 5.30. The van der Waals surface area contributed by atoms with Crippen LogP contribution in [0.2, 0.25) is 0 Å². The van der Waals surface area contributed by atoms with E-state index in [1.54, 1.807) is 21.3 Å². The molecule has 2 heteroatoms. The van der Waals surface area contributed by atoms with E-state index in [4.69, 9.17) is 4.74 Å². The smallest absolute Gasteiger partial charge is 0.118 e. The monoisotopic (exact) mass is 182 g/mol. The van der Waals surface area contributed by atoms with Crippen molar-refractivity contribution in [3.05, 3.63) is 35.6 Å². The number of methoxy groups -OCH3 is 2. The summed E-state index contributed by atoms with van der Waals surface area (Å²) in [5, 5.41) is 0. The predicted octanol–water partition coefficient (Wildman–Crippen LogP) is 2.69. The maximum Gasteiger partial charge on any atom is 0.118 e. The van der Waals surface area contributed by atoms with E-state index in [9.17, 15) is 0 Å². The Morgan fingerprint density at radius 2 is 1.85 bits per heavy atom. The summed E-state index contributed by atoms with van der Waals surface area (Å²) in [6.45, 7) is 2.05. The lowest BCUT2D eigenvalue weighted by atomic mass is 10.2. The molecule has 0 aliphatic heterocycles. The van der Waals surface area contributed by atoms with E-state index in [1.165, 1.54) is 5.57 Å². The minimum Gasteiger partial charge on any atom is -0.497 e. The van der Waals surface area contributed by atoms with Crippen LogP contribution in [-0.4, -0.2) is 21.3 Å². The Kier molecular flexibility index (Phi) is 7.02. The molecule has 2 nitrogen and oxygen atoms in total. The normalized spacial score (nSPS) is 14.8. The molecular weight excluding hydrogens is 164 g/mol. The van der Waals surface area contributed by atoms with Crippen LogP contribution in [0.15, 0.2) is 35.6 Å². The number of ether oxygens (including phenoxy) is 2. The molecule has 0 radical (unpaired) electrons. The minimum absolute atomic E-state index is 0.969. The molecule has 0 saturated carbocycles. The zero-order valence-corrected chi connectivity index (χ0v) is 8.83. The van der Waals surface area contributed by atoms with Gasteiger partial charge in [-0.25, -0.2) is 0 Å². The molecule has 0 fully saturated rings. The van der Waals surface area contributed by atoms with E-state index in [-0.39, 0.29) is 0 Å². The van der Waals surface area contributed by atoms with Gasteiger partial charge in [0.25, 0.3) is 0 Å². The topological polar surface area (TPSA) is 18.5 Å². The maximum absolute atomic E-state index is 5.14. The fraction of sp³-hybridized carbons (Fsp3) is 0.455. The zero-order valence-electron chi connectivity index (χ0n) is 8.83. The summed E-state index contributed by atoms with van der Waals surface area (Å²) in [5.41, 5.74) is 1.19.